The van der Waals surface area contributed by atoms with Crippen molar-refractivity contribution in [1.82, 2.24) is 10.2 Å². The molecule has 0 spiro atoms. The number of nitrogens with zero attached hydrogens (tertiary/aromatic N) is 2. The molecule has 0 bridgehead atoms. The standard InChI is InChI=1S/C21H25N3O4S/c1-4-5-6-7-19-23-24-21(29-19)22-18(25)11-10-16-13(2)15-9-8-14(27-3)12-17(15)28-20(16)26/h8-9,12H,4-7,10-11H2,1-3H3,(H,22,24,25). The summed E-state index contributed by atoms with van der Waals surface area (Å²) in [5.74, 6) is 0.424. The zero-order valence-electron chi connectivity index (χ0n) is 16.9. The predicted molar refractivity (Wildman–Crippen MR) is 114 cm³/mol. The topological polar surface area (TPSA) is 94.3 Å². The molecule has 0 fully saturated rings. The molecule has 2 aromatic heterocycles. The highest BCUT2D eigenvalue weighted by atomic mass is 32.1. The lowest BCUT2D eigenvalue weighted by Crippen LogP contribution is -2.16. The molecule has 0 aliphatic heterocycles. The molecule has 7 nitrogen and oxygen atoms in total. The van der Waals surface area contributed by atoms with Crippen LogP contribution in [0.5, 0.6) is 5.75 Å². The van der Waals surface area contributed by atoms with Crippen molar-refractivity contribution in [1.29, 1.82) is 0 Å². The van der Waals surface area contributed by atoms with Gasteiger partial charge in [-0.15, -0.1) is 10.2 Å². The molecule has 8 heteroatoms. The third-order valence-electron chi connectivity index (χ3n) is 4.80. The van der Waals surface area contributed by atoms with E-state index < -0.39 is 5.63 Å². The fourth-order valence-corrected chi connectivity index (χ4v) is 3.94. The minimum Gasteiger partial charge on any atom is -0.497 e. The number of carbonyl (C=O) groups is 1. The average Bonchev–Trinajstić information content (AvgIpc) is 3.14. The van der Waals surface area contributed by atoms with Crippen LogP contribution in [0, 0.1) is 6.92 Å². The number of methoxy groups -OCH3 is 1. The molecule has 0 aliphatic rings. The SMILES string of the molecule is CCCCCc1nnc(NC(=O)CCc2c(C)c3ccc(OC)cc3oc2=O)s1. The van der Waals surface area contributed by atoms with Crippen LogP contribution in [0.1, 0.15) is 48.7 Å². The number of ether oxygens (including phenoxy) is 1. The number of hydrogen-bond acceptors (Lipinski definition) is 7. The minimum atomic E-state index is -0.426. The van der Waals surface area contributed by atoms with Crippen molar-refractivity contribution in [3.05, 3.63) is 44.8 Å². The number of benzene rings is 1. The van der Waals surface area contributed by atoms with Crippen molar-refractivity contribution in [2.24, 2.45) is 0 Å². The van der Waals surface area contributed by atoms with Crippen LogP contribution in [0.3, 0.4) is 0 Å². The van der Waals surface area contributed by atoms with Crippen LogP contribution in [0.25, 0.3) is 11.0 Å². The zero-order valence-corrected chi connectivity index (χ0v) is 17.7. The van der Waals surface area contributed by atoms with Crippen LogP contribution in [-0.2, 0) is 17.6 Å². The average molecular weight is 416 g/mol. The van der Waals surface area contributed by atoms with Gasteiger partial charge in [-0.3, -0.25) is 4.79 Å². The molecule has 0 atom stereocenters. The maximum Gasteiger partial charge on any atom is 0.339 e. The second-order valence-electron chi connectivity index (χ2n) is 6.86. The summed E-state index contributed by atoms with van der Waals surface area (Å²) in [5, 5.41) is 13.2. The molecule has 3 aromatic rings. The Morgan fingerprint density at radius 3 is 2.83 bits per heavy atom. The summed E-state index contributed by atoms with van der Waals surface area (Å²) in [5.41, 5.74) is 1.38. The van der Waals surface area contributed by atoms with Gasteiger partial charge in [0.2, 0.25) is 11.0 Å². The maximum atomic E-state index is 12.4. The number of carbonyl (C=O) groups excluding carboxylic acids is 1. The van der Waals surface area contributed by atoms with Crippen molar-refractivity contribution in [3.8, 4) is 5.75 Å². The third-order valence-corrected chi connectivity index (χ3v) is 5.70. The number of amides is 1. The van der Waals surface area contributed by atoms with Gasteiger partial charge in [-0.05, 0) is 37.5 Å². The fourth-order valence-electron chi connectivity index (χ4n) is 3.14. The van der Waals surface area contributed by atoms with Gasteiger partial charge >= 0.3 is 5.63 Å². The lowest BCUT2D eigenvalue weighted by molar-refractivity contribution is -0.116. The van der Waals surface area contributed by atoms with Crippen molar-refractivity contribution in [2.45, 2.75) is 52.4 Å². The molecule has 29 heavy (non-hydrogen) atoms. The molecular formula is C21H25N3O4S. The molecule has 0 unspecified atom stereocenters. The van der Waals surface area contributed by atoms with Crippen LogP contribution in [0.15, 0.2) is 27.4 Å². The molecule has 3 rings (SSSR count). The van der Waals surface area contributed by atoms with Gasteiger partial charge in [0.1, 0.15) is 16.3 Å². The quantitative estimate of drug-likeness (QED) is 0.414. The van der Waals surface area contributed by atoms with Gasteiger partial charge in [0.05, 0.1) is 7.11 Å². The van der Waals surface area contributed by atoms with Crippen LogP contribution >= 0.6 is 11.3 Å². The lowest BCUT2D eigenvalue weighted by Gasteiger charge is -2.08. The first-order chi connectivity index (χ1) is 14.0. The number of aromatic nitrogens is 2. The summed E-state index contributed by atoms with van der Waals surface area (Å²) < 4.78 is 10.6. The molecule has 0 aliphatic carbocycles. The van der Waals surface area contributed by atoms with Gasteiger partial charge in [0, 0.05) is 29.9 Å². The third kappa shape index (κ3) is 5.20. The molecule has 1 aromatic carbocycles. The zero-order chi connectivity index (χ0) is 20.8. The van der Waals surface area contributed by atoms with E-state index >= 15 is 0 Å². The summed E-state index contributed by atoms with van der Waals surface area (Å²) in [7, 11) is 1.56. The lowest BCUT2D eigenvalue weighted by atomic mass is 10.0. The molecule has 154 valence electrons. The van der Waals surface area contributed by atoms with E-state index in [1.165, 1.54) is 11.3 Å². The first kappa shape index (κ1) is 21.0. The Kier molecular flexibility index (Phi) is 6.98. The van der Waals surface area contributed by atoms with E-state index in [0.717, 1.165) is 41.6 Å². The molecule has 1 N–H and O–H groups in total. The second kappa shape index (κ2) is 9.65. The van der Waals surface area contributed by atoms with Gasteiger partial charge in [-0.25, -0.2) is 4.79 Å². The van der Waals surface area contributed by atoms with E-state index in [1.54, 1.807) is 13.2 Å². The van der Waals surface area contributed by atoms with Crippen molar-refractivity contribution in [3.63, 3.8) is 0 Å². The Balaban J connectivity index is 1.64. The van der Waals surface area contributed by atoms with Crippen LogP contribution in [0.2, 0.25) is 0 Å². The number of nitrogens with one attached hydrogen (secondary N) is 1. The van der Waals surface area contributed by atoms with Gasteiger partial charge in [-0.2, -0.15) is 0 Å². The van der Waals surface area contributed by atoms with Crippen LogP contribution in [0.4, 0.5) is 5.13 Å². The van der Waals surface area contributed by atoms with Crippen molar-refractivity contribution in [2.75, 3.05) is 12.4 Å². The van der Waals surface area contributed by atoms with Gasteiger partial charge in [-0.1, -0.05) is 31.1 Å². The Hall–Kier alpha value is -2.74. The largest absolute Gasteiger partial charge is 0.497 e. The molecule has 1 amide bonds. The predicted octanol–water partition coefficient (Wildman–Crippen LogP) is 4.27. The van der Waals surface area contributed by atoms with E-state index in [-0.39, 0.29) is 12.3 Å². The van der Waals surface area contributed by atoms with Crippen LogP contribution < -0.4 is 15.7 Å². The monoisotopic (exact) mass is 415 g/mol. The fraction of sp³-hybridized carbons (Fsp3) is 0.429. The van der Waals surface area contributed by atoms with Crippen molar-refractivity contribution >= 4 is 33.3 Å². The van der Waals surface area contributed by atoms with E-state index in [0.29, 0.717) is 28.4 Å². The Morgan fingerprint density at radius 2 is 2.07 bits per heavy atom. The van der Waals surface area contributed by atoms with E-state index in [1.807, 2.05) is 19.1 Å². The first-order valence-electron chi connectivity index (χ1n) is 9.74. The number of hydrogen-bond donors (Lipinski definition) is 1. The second-order valence-corrected chi connectivity index (χ2v) is 7.92. The number of aryl methyl sites for hydroxylation is 2. The number of rotatable bonds is 9. The van der Waals surface area contributed by atoms with E-state index in [9.17, 15) is 9.59 Å². The summed E-state index contributed by atoms with van der Waals surface area (Å²) >= 11 is 1.40. The Labute approximate surface area is 173 Å². The highest BCUT2D eigenvalue weighted by Gasteiger charge is 2.15. The highest BCUT2D eigenvalue weighted by molar-refractivity contribution is 7.15. The Bertz CT molecular complexity index is 1060. The first-order valence-corrected chi connectivity index (χ1v) is 10.6. The van der Waals surface area contributed by atoms with Crippen LogP contribution in [-0.4, -0.2) is 23.2 Å². The van der Waals surface area contributed by atoms with Crippen molar-refractivity contribution < 1.29 is 13.9 Å². The minimum absolute atomic E-state index is 0.165. The summed E-state index contributed by atoms with van der Waals surface area (Å²) in [6, 6.07) is 5.37. The van der Waals surface area contributed by atoms with E-state index in [2.05, 4.69) is 22.4 Å². The molecular weight excluding hydrogens is 390 g/mol. The smallest absolute Gasteiger partial charge is 0.339 e. The maximum absolute atomic E-state index is 12.4. The summed E-state index contributed by atoms with van der Waals surface area (Å²) in [4.78, 5) is 24.7. The highest BCUT2D eigenvalue weighted by Crippen LogP contribution is 2.24. The summed E-state index contributed by atoms with van der Waals surface area (Å²) in [6.07, 6.45) is 4.72. The molecule has 2 heterocycles. The molecule has 0 radical (unpaired) electrons. The molecule has 0 saturated heterocycles. The van der Waals surface area contributed by atoms with Gasteiger partial charge in [0.25, 0.3) is 0 Å². The number of anilines is 1. The van der Waals surface area contributed by atoms with E-state index in [4.69, 9.17) is 9.15 Å². The van der Waals surface area contributed by atoms with Gasteiger partial charge < -0.3 is 14.5 Å². The number of fused-ring (bicyclic) bond motifs is 1. The number of unbranched alkanes of at least 4 members (excludes halogenated alkanes) is 2. The molecule has 0 saturated carbocycles. The van der Waals surface area contributed by atoms with Gasteiger partial charge in [0.15, 0.2) is 0 Å². The summed E-state index contributed by atoms with van der Waals surface area (Å²) in [6.45, 7) is 4.02. The Morgan fingerprint density at radius 1 is 1.24 bits per heavy atom. The normalized spacial score (nSPS) is 11.0.